The first-order valence-corrected chi connectivity index (χ1v) is 10.1. The molecule has 31 heavy (non-hydrogen) atoms. The first kappa shape index (κ1) is 26.6. The number of nitrogens with one attached hydrogen (secondary N) is 1. The maximum absolute atomic E-state index is 11.5. The highest BCUT2D eigenvalue weighted by Crippen LogP contribution is 2.29. The second-order valence-corrected chi connectivity index (χ2v) is 9.30. The molecule has 2 aliphatic heterocycles. The van der Waals surface area contributed by atoms with Gasteiger partial charge in [-0.05, 0) is 13.8 Å². The second kappa shape index (κ2) is 10.5. The van der Waals surface area contributed by atoms with Crippen LogP contribution in [0.1, 0.15) is 13.8 Å². The van der Waals surface area contributed by atoms with E-state index < -0.39 is 91.3 Å². The van der Waals surface area contributed by atoms with Gasteiger partial charge in [-0.25, -0.2) is 0 Å². The summed E-state index contributed by atoms with van der Waals surface area (Å²) < 4.78 is 15.1. The van der Waals surface area contributed by atoms with E-state index in [0.717, 1.165) is 0 Å². The van der Waals surface area contributed by atoms with E-state index >= 15 is 0 Å². The minimum atomic E-state index is -1.78. The normalized spacial score (nSPS) is 42.9. The zero-order chi connectivity index (χ0) is 23.7. The fourth-order valence-electron chi connectivity index (χ4n) is 3.47. The molecule has 0 saturated carbocycles. The molecule has 9 N–H and O–H groups in total. The van der Waals surface area contributed by atoms with Crippen LogP contribution < -0.4 is 5.32 Å². The number of aliphatic hydroxyl groups excluding tert-OH is 7. The second-order valence-electron chi connectivity index (χ2n) is 8.15. The molecule has 182 valence electrons. The molecule has 0 aromatic heterocycles. The number of aliphatic hydroxyl groups is 7. The average molecular weight is 473 g/mol. The van der Waals surface area contributed by atoms with Crippen LogP contribution in [-0.4, -0.2) is 132 Å². The van der Waals surface area contributed by atoms with Gasteiger partial charge in [0.25, 0.3) is 0 Å². The van der Waals surface area contributed by atoms with Gasteiger partial charge in [-0.3, -0.25) is 10.1 Å². The molecule has 2 heterocycles. The molecule has 0 aliphatic carbocycles. The van der Waals surface area contributed by atoms with Crippen LogP contribution in [0.3, 0.4) is 0 Å². The van der Waals surface area contributed by atoms with Crippen molar-refractivity contribution in [1.82, 2.24) is 5.32 Å². The molecule has 11 atom stereocenters. The Morgan fingerprint density at radius 2 is 1.55 bits per heavy atom. The van der Waals surface area contributed by atoms with Crippen molar-refractivity contribution < 1.29 is 59.9 Å². The summed E-state index contributed by atoms with van der Waals surface area (Å²) in [6, 6.07) is -1.30. The highest BCUT2D eigenvalue weighted by molar-refractivity contribution is 7.81. The van der Waals surface area contributed by atoms with Crippen LogP contribution in [0.15, 0.2) is 0 Å². The number of rotatable bonds is 8. The van der Waals surface area contributed by atoms with Crippen LogP contribution in [0.2, 0.25) is 0 Å². The van der Waals surface area contributed by atoms with E-state index in [0.29, 0.717) is 0 Å². The van der Waals surface area contributed by atoms with Gasteiger partial charge in [0, 0.05) is 4.75 Å². The number of hydrogen-bond acceptors (Lipinski definition) is 13. The zero-order valence-electron chi connectivity index (χ0n) is 16.9. The molecule has 2 aliphatic rings. The molecule has 2 saturated heterocycles. The van der Waals surface area contributed by atoms with Crippen molar-refractivity contribution in [2.45, 2.75) is 86.0 Å². The number of aliphatic carboxylic acids is 1. The minimum absolute atomic E-state index is 0.706. The van der Waals surface area contributed by atoms with Crippen molar-refractivity contribution >= 4 is 18.6 Å². The van der Waals surface area contributed by atoms with Gasteiger partial charge in [-0.2, -0.15) is 12.6 Å². The first-order chi connectivity index (χ1) is 14.3. The average Bonchev–Trinajstić information content (AvgIpc) is 2.69. The topological polar surface area (TPSA) is 219 Å². The Balaban J connectivity index is 2.16. The van der Waals surface area contributed by atoms with Crippen molar-refractivity contribution in [3.05, 3.63) is 0 Å². The predicted octanol–water partition coefficient (Wildman–Crippen LogP) is -4.64. The highest BCUT2D eigenvalue weighted by atomic mass is 32.1. The molecule has 0 radical (unpaired) electrons. The number of hydrogen-bond donors (Lipinski definition) is 10. The summed E-state index contributed by atoms with van der Waals surface area (Å²) in [6.45, 7) is 1.60. The van der Waals surface area contributed by atoms with Crippen LogP contribution in [0.5, 0.6) is 0 Å². The maximum atomic E-state index is 11.5. The monoisotopic (exact) mass is 473 g/mol. The van der Waals surface area contributed by atoms with Gasteiger partial charge in [-0.15, -0.1) is 0 Å². The molecule has 2 fully saturated rings. The van der Waals surface area contributed by atoms with E-state index in [2.05, 4.69) is 17.9 Å². The van der Waals surface area contributed by atoms with Crippen molar-refractivity contribution in [3.63, 3.8) is 0 Å². The number of carboxylic acids is 1. The van der Waals surface area contributed by atoms with E-state index in [1.54, 1.807) is 0 Å². The van der Waals surface area contributed by atoms with Crippen LogP contribution in [0.4, 0.5) is 0 Å². The lowest BCUT2D eigenvalue weighted by atomic mass is 9.95. The van der Waals surface area contributed by atoms with E-state index in [1.165, 1.54) is 13.8 Å². The lowest BCUT2D eigenvalue weighted by molar-refractivity contribution is -0.343. The number of carboxylic acid groups (broad SMARTS) is 1. The molecule has 2 unspecified atom stereocenters. The standard InChI is InChI=1S/C17H31NO12S/c1-17(2,31)13(15(26)27)18-14-10(24)9(23)12(6(4-20)28-14)30-16-11(25)8(22)7(21)5(3-19)29-16/h5-14,16,18-25,31H,3-4H2,1-2H3,(H,26,27)/t5-,6-,7+,8+,9-,10-,11-,12-,13?,14?,16+/m1/s1. The molecule has 0 spiro atoms. The summed E-state index contributed by atoms with van der Waals surface area (Å²) in [4.78, 5) is 11.5. The maximum Gasteiger partial charge on any atom is 0.322 e. The Labute approximate surface area is 183 Å². The van der Waals surface area contributed by atoms with E-state index in [1.807, 2.05) is 0 Å². The Morgan fingerprint density at radius 3 is 2.03 bits per heavy atom. The molecule has 14 heteroatoms. The van der Waals surface area contributed by atoms with Gasteiger partial charge in [0.2, 0.25) is 0 Å². The molecule has 0 aromatic carbocycles. The summed E-state index contributed by atoms with van der Waals surface area (Å²) >= 11 is 4.21. The summed E-state index contributed by atoms with van der Waals surface area (Å²) in [5, 5.41) is 81.7. The SMILES string of the molecule is CC(C)(S)C(NC1O[C@H](CO)[C@@H](O[C@@H]2O[C@H](CO)[C@H](O)[C@H](O)[C@H]2O)[C@H](O)[C@H]1O)C(=O)O. The molecule has 13 nitrogen and oxygen atoms in total. The lowest BCUT2D eigenvalue weighted by Crippen LogP contribution is -2.68. The number of ether oxygens (including phenoxy) is 3. The molecular weight excluding hydrogens is 442 g/mol. The molecule has 2 rings (SSSR count). The fraction of sp³-hybridized carbons (Fsp3) is 0.941. The predicted molar refractivity (Wildman–Crippen MR) is 104 cm³/mol. The van der Waals surface area contributed by atoms with Crippen LogP contribution in [0.25, 0.3) is 0 Å². The van der Waals surface area contributed by atoms with Crippen LogP contribution in [-0.2, 0) is 19.0 Å². The fourth-order valence-corrected chi connectivity index (χ4v) is 3.65. The van der Waals surface area contributed by atoms with Crippen molar-refractivity contribution in [2.24, 2.45) is 0 Å². The lowest BCUT2D eigenvalue weighted by Gasteiger charge is -2.47. The summed E-state index contributed by atoms with van der Waals surface area (Å²) in [5.74, 6) is -1.29. The third-order valence-corrected chi connectivity index (χ3v) is 5.55. The molecule has 0 aromatic rings. The number of carbonyl (C=O) groups is 1. The quantitative estimate of drug-likeness (QED) is 0.150. The molecule has 0 bridgehead atoms. The van der Waals surface area contributed by atoms with Crippen molar-refractivity contribution in [1.29, 1.82) is 0 Å². The van der Waals surface area contributed by atoms with Crippen LogP contribution >= 0.6 is 12.6 Å². The Kier molecular flexibility index (Phi) is 9.06. The summed E-state index contributed by atoms with van der Waals surface area (Å²) in [7, 11) is 0. The van der Waals surface area contributed by atoms with E-state index in [-0.39, 0.29) is 0 Å². The third kappa shape index (κ3) is 5.85. The Bertz CT molecular complexity index is 602. The number of thiol groups is 1. The van der Waals surface area contributed by atoms with Crippen molar-refractivity contribution in [2.75, 3.05) is 13.2 Å². The summed E-state index contributed by atoms with van der Waals surface area (Å²) in [6.07, 6.45) is -15.7. The van der Waals surface area contributed by atoms with Gasteiger partial charge in [0.15, 0.2) is 6.29 Å². The molecular formula is C17H31NO12S. The van der Waals surface area contributed by atoms with Crippen molar-refractivity contribution in [3.8, 4) is 0 Å². The minimum Gasteiger partial charge on any atom is -0.480 e. The summed E-state index contributed by atoms with van der Waals surface area (Å²) in [5.41, 5.74) is 0. The van der Waals surface area contributed by atoms with Gasteiger partial charge in [0.05, 0.1) is 13.2 Å². The van der Waals surface area contributed by atoms with Crippen LogP contribution in [0, 0.1) is 0 Å². The largest absolute Gasteiger partial charge is 0.480 e. The van der Waals surface area contributed by atoms with Gasteiger partial charge >= 0.3 is 5.97 Å². The van der Waals surface area contributed by atoms with Gasteiger partial charge in [0.1, 0.15) is 61.1 Å². The van der Waals surface area contributed by atoms with Gasteiger partial charge in [-0.1, -0.05) is 0 Å². The first-order valence-electron chi connectivity index (χ1n) is 9.63. The van der Waals surface area contributed by atoms with E-state index in [4.69, 9.17) is 14.2 Å². The zero-order valence-corrected chi connectivity index (χ0v) is 17.8. The van der Waals surface area contributed by atoms with E-state index in [9.17, 15) is 45.6 Å². The Morgan fingerprint density at radius 1 is 0.968 bits per heavy atom. The Hall–Kier alpha value is -0.620. The molecule has 0 amide bonds. The third-order valence-electron chi connectivity index (χ3n) is 5.29. The smallest absolute Gasteiger partial charge is 0.322 e. The van der Waals surface area contributed by atoms with Gasteiger partial charge < -0.3 is 55.1 Å². The highest BCUT2D eigenvalue weighted by Gasteiger charge is 2.51.